The molecule has 1 saturated heterocycles. The number of aliphatic hydroxyl groups is 2. The zero-order valence-corrected chi connectivity index (χ0v) is 46.1. The third kappa shape index (κ3) is 39.5. The van der Waals surface area contributed by atoms with E-state index in [0.717, 1.165) is 89.9 Å². The van der Waals surface area contributed by atoms with Crippen molar-refractivity contribution in [2.75, 3.05) is 13.2 Å². The number of hydrogen-bond acceptors (Lipinski definition) is 11. The molecule has 1 heterocycles. The lowest BCUT2D eigenvalue weighted by atomic mass is 9.98. The summed E-state index contributed by atoms with van der Waals surface area (Å²) in [6.45, 7) is 5.80. The second kappa shape index (κ2) is 49.3. The number of rotatable bonds is 49. The molecule has 6 atom stereocenters. The fraction of sp³-hybridized carbons (Fsp3) is 0.770. The molecule has 0 spiro atoms. The molecule has 0 radical (unpaired) electrons. The zero-order chi connectivity index (χ0) is 53.3. The first-order chi connectivity index (χ1) is 35.6. The van der Waals surface area contributed by atoms with Gasteiger partial charge in [-0.25, -0.2) is 4.79 Å². The Kier molecular flexibility index (Phi) is 45.5. The highest BCUT2D eigenvalue weighted by molar-refractivity contribution is 5.74. The summed E-state index contributed by atoms with van der Waals surface area (Å²) in [4.78, 5) is 51.0. The number of hydrogen-bond donors (Lipinski definition) is 3. The first kappa shape index (κ1) is 67.4. The van der Waals surface area contributed by atoms with Crippen LogP contribution in [0.25, 0.3) is 0 Å². The predicted octanol–water partition coefficient (Wildman–Crippen LogP) is 14.8. The average Bonchev–Trinajstić information content (AvgIpc) is 3.37. The minimum absolute atomic E-state index is 0.0559. The number of carbonyl (C=O) groups is 4. The molecular weight excluding hydrogens is 925 g/mol. The van der Waals surface area contributed by atoms with Gasteiger partial charge in [0.25, 0.3) is 0 Å². The van der Waals surface area contributed by atoms with Crippen LogP contribution in [0.4, 0.5) is 0 Å². The molecule has 0 aliphatic carbocycles. The number of aliphatic carboxylic acids is 1. The average molecular weight is 1030 g/mol. The molecule has 420 valence electrons. The Hall–Kier alpha value is -3.58. The smallest absolute Gasteiger partial charge is 0.335 e. The van der Waals surface area contributed by atoms with Crippen molar-refractivity contribution in [3.63, 3.8) is 0 Å². The highest BCUT2D eigenvalue weighted by atomic mass is 16.7. The van der Waals surface area contributed by atoms with Gasteiger partial charge >= 0.3 is 23.9 Å². The second-order valence-electron chi connectivity index (χ2n) is 19.9. The quantitative estimate of drug-likeness (QED) is 0.0228. The number of unbranched alkanes of at least 4 members (excludes halogenated alkanes) is 25. The zero-order valence-electron chi connectivity index (χ0n) is 46.1. The summed E-state index contributed by atoms with van der Waals surface area (Å²) in [5, 5.41) is 31.5. The number of carbonyl (C=O) groups excluding carboxylic acids is 3. The Morgan fingerprint density at radius 2 is 0.890 bits per heavy atom. The lowest BCUT2D eigenvalue weighted by Gasteiger charge is -2.40. The van der Waals surface area contributed by atoms with E-state index in [2.05, 4.69) is 69.4 Å². The van der Waals surface area contributed by atoms with Crippen LogP contribution < -0.4 is 0 Å². The Morgan fingerprint density at radius 1 is 0.466 bits per heavy atom. The first-order valence-corrected chi connectivity index (χ1v) is 29.3. The van der Waals surface area contributed by atoms with Gasteiger partial charge < -0.3 is 39.0 Å². The van der Waals surface area contributed by atoms with Gasteiger partial charge in [-0.15, -0.1) is 0 Å². The van der Waals surface area contributed by atoms with Crippen LogP contribution in [0.3, 0.4) is 0 Å². The molecule has 1 fully saturated rings. The van der Waals surface area contributed by atoms with Crippen LogP contribution in [-0.2, 0) is 42.9 Å². The lowest BCUT2D eigenvalue weighted by Crippen LogP contribution is -2.61. The molecule has 12 nitrogen and oxygen atoms in total. The van der Waals surface area contributed by atoms with E-state index in [1.165, 1.54) is 103 Å². The normalized spacial score (nSPS) is 18.7. The number of esters is 3. The third-order valence-electron chi connectivity index (χ3n) is 13.1. The van der Waals surface area contributed by atoms with Crippen molar-refractivity contribution in [1.82, 2.24) is 0 Å². The number of carboxylic acids is 1. The Bertz CT molecular complexity index is 1500. The molecule has 1 aliphatic heterocycles. The van der Waals surface area contributed by atoms with Gasteiger partial charge in [0.15, 0.2) is 24.6 Å². The van der Waals surface area contributed by atoms with Crippen LogP contribution in [0.1, 0.15) is 252 Å². The van der Waals surface area contributed by atoms with E-state index in [4.69, 9.17) is 23.7 Å². The molecule has 1 aliphatic rings. The van der Waals surface area contributed by atoms with Gasteiger partial charge in [0, 0.05) is 19.3 Å². The number of carboxylic acid groups (broad SMARTS) is 1. The summed E-state index contributed by atoms with van der Waals surface area (Å²) in [7, 11) is 0. The highest BCUT2D eigenvalue weighted by Gasteiger charge is 2.50. The van der Waals surface area contributed by atoms with Crippen molar-refractivity contribution in [2.45, 2.75) is 289 Å². The van der Waals surface area contributed by atoms with Gasteiger partial charge in [-0.05, 0) is 70.6 Å². The van der Waals surface area contributed by atoms with E-state index < -0.39 is 67.3 Å². The van der Waals surface area contributed by atoms with Crippen LogP contribution in [0.5, 0.6) is 0 Å². The van der Waals surface area contributed by atoms with Crippen LogP contribution in [0, 0.1) is 0 Å². The van der Waals surface area contributed by atoms with Crippen molar-refractivity contribution in [3.05, 3.63) is 60.8 Å². The van der Waals surface area contributed by atoms with E-state index in [9.17, 15) is 34.5 Å². The van der Waals surface area contributed by atoms with E-state index in [0.29, 0.717) is 19.3 Å². The molecule has 1 rings (SSSR count). The molecule has 73 heavy (non-hydrogen) atoms. The van der Waals surface area contributed by atoms with Crippen molar-refractivity contribution in [1.29, 1.82) is 0 Å². The minimum Gasteiger partial charge on any atom is -0.479 e. The Labute approximate surface area is 443 Å². The Balaban J connectivity index is 2.71. The van der Waals surface area contributed by atoms with Crippen LogP contribution in [0.2, 0.25) is 0 Å². The SMILES string of the molecule is CC/C=C\C/C=C\C/C=C\C/C=C\CCC(=O)OCC(COC1OC(C(=O)O)C(O)C(O)C1OC(=O)CCCCCCCCCCCCCCCCCCC)OC(=O)CCCCCCC/C=C\CCCCCC. The fourth-order valence-electron chi connectivity index (χ4n) is 8.61. The van der Waals surface area contributed by atoms with Crippen molar-refractivity contribution in [3.8, 4) is 0 Å². The fourth-order valence-corrected chi connectivity index (χ4v) is 8.61. The number of allylic oxidation sites excluding steroid dienone is 10. The molecule has 0 aromatic rings. The maximum Gasteiger partial charge on any atom is 0.335 e. The second-order valence-corrected chi connectivity index (χ2v) is 19.9. The van der Waals surface area contributed by atoms with Crippen molar-refractivity contribution in [2.24, 2.45) is 0 Å². The van der Waals surface area contributed by atoms with Gasteiger partial charge in [-0.3, -0.25) is 14.4 Å². The molecule has 12 heteroatoms. The third-order valence-corrected chi connectivity index (χ3v) is 13.1. The van der Waals surface area contributed by atoms with Gasteiger partial charge in [0.2, 0.25) is 0 Å². The largest absolute Gasteiger partial charge is 0.479 e. The predicted molar refractivity (Wildman–Crippen MR) is 294 cm³/mol. The molecular formula is C61H104O12. The maximum atomic E-state index is 13.1. The van der Waals surface area contributed by atoms with E-state index >= 15 is 0 Å². The van der Waals surface area contributed by atoms with Gasteiger partial charge in [-0.2, -0.15) is 0 Å². The van der Waals surface area contributed by atoms with Crippen molar-refractivity contribution >= 4 is 23.9 Å². The summed E-state index contributed by atoms with van der Waals surface area (Å²) in [6.07, 6.45) is 47.8. The topological polar surface area (TPSA) is 175 Å². The van der Waals surface area contributed by atoms with Gasteiger partial charge in [0.1, 0.15) is 18.8 Å². The molecule has 6 unspecified atom stereocenters. The van der Waals surface area contributed by atoms with E-state index in [1.807, 2.05) is 12.2 Å². The lowest BCUT2D eigenvalue weighted by molar-refractivity contribution is -0.301. The summed E-state index contributed by atoms with van der Waals surface area (Å²) < 4.78 is 28.3. The maximum absolute atomic E-state index is 13.1. The Morgan fingerprint density at radius 3 is 1.38 bits per heavy atom. The minimum atomic E-state index is -1.91. The van der Waals surface area contributed by atoms with E-state index in [-0.39, 0.29) is 25.9 Å². The summed E-state index contributed by atoms with van der Waals surface area (Å²) in [5.41, 5.74) is 0. The van der Waals surface area contributed by atoms with Crippen LogP contribution >= 0.6 is 0 Å². The molecule has 3 N–H and O–H groups in total. The highest BCUT2D eigenvalue weighted by Crippen LogP contribution is 2.26. The summed E-state index contributed by atoms with van der Waals surface area (Å²) in [5.74, 6) is -3.23. The first-order valence-electron chi connectivity index (χ1n) is 29.3. The molecule has 0 saturated carbocycles. The van der Waals surface area contributed by atoms with Crippen LogP contribution in [0.15, 0.2) is 60.8 Å². The number of aliphatic hydroxyl groups excluding tert-OH is 2. The molecule has 0 bridgehead atoms. The summed E-state index contributed by atoms with van der Waals surface area (Å²) in [6, 6.07) is 0. The monoisotopic (exact) mass is 1030 g/mol. The molecule has 0 aromatic heterocycles. The standard InChI is InChI=1S/C61H104O12/c1-4-7-10-13-16-19-22-25-26-27-28-31-34-37-40-43-46-49-55(64)72-59-57(66)56(65)58(60(67)68)73-61(59)70-51-52(71-54(63)48-45-42-39-36-33-30-24-21-18-15-12-9-6-3)50-69-53(62)47-44-41-38-35-32-29-23-20-17-14-11-8-5-2/h8,11,17,20-21,24,29,32,38,41,52,56-59,61,65-66H,4-7,9-10,12-16,18-19,22-23,25-28,30-31,33-37,39-40,42-51H2,1-3H3,(H,67,68)/b11-8-,20-17-,24-21-,32-29-,41-38-. The number of ether oxygens (including phenoxy) is 5. The van der Waals surface area contributed by atoms with Crippen LogP contribution in [-0.4, -0.2) is 89.2 Å². The van der Waals surface area contributed by atoms with Crippen molar-refractivity contribution < 1.29 is 58.2 Å². The molecule has 0 amide bonds. The van der Waals surface area contributed by atoms with Gasteiger partial charge in [-0.1, -0.05) is 223 Å². The van der Waals surface area contributed by atoms with Gasteiger partial charge in [0.05, 0.1) is 6.61 Å². The summed E-state index contributed by atoms with van der Waals surface area (Å²) >= 11 is 0. The molecule has 0 aromatic carbocycles. The van der Waals surface area contributed by atoms with E-state index in [1.54, 1.807) is 0 Å².